The van der Waals surface area contributed by atoms with Crippen molar-refractivity contribution in [1.82, 2.24) is 14.8 Å². The number of aliphatic hydroxyl groups is 1. The van der Waals surface area contributed by atoms with E-state index in [4.69, 9.17) is 4.74 Å². The van der Waals surface area contributed by atoms with Crippen molar-refractivity contribution in [1.29, 1.82) is 0 Å². The first-order valence-electron chi connectivity index (χ1n) is 13.7. The third kappa shape index (κ3) is 7.60. The van der Waals surface area contributed by atoms with Gasteiger partial charge in [-0.25, -0.2) is 9.78 Å². The Bertz CT molecular complexity index is 919. The van der Waals surface area contributed by atoms with Crippen molar-refractivity contribution in [2.24, 2.45) is 17.8 Å². The number of likely N-dealkylation sites (N-methyl/N-ethyl adjacent to an activating group) is 1. The van der Waals surface area contributed by atoms with Gasteiger partial charge in [0.2, 0.25) is 5.91 Å². The molecule has 1 aromatic heterocycles. The molecule has 1 amide bonds. The van der Waals surface area contributed by atoms with Gasteiger partial charge in [0.15, 0.2) is 11.5 Å². The molecule has 0 aromatic carbocycles. The molecule has 5 atom stereocenters. The molecule has 0 saturated carbocycles. The number of carbonyl (C=O) groups is 3. The summed E-state index contributed by atoms with van der Waals surface area (Å²) in [4.78, 5) is 47.6. The minimum Gasteiger partial charge on any atom is -0.461 e. The van der Waals surface area contributed by atoms with Gasteiger partial charge < -0.3 is 14.7 Å². The van der Waals surface area contributed by atoms with Crippen LogP contribution in [0.5, 0.6) is 0 Å². The Morgan fingerprint density at radius 1 is 1.24 bits per heavy atom. The number of amides is 1. The number of carbonyl (C=O) groups excluding carboxylic acids is 3. The van der Waals surface area contributed by atoms with Gasteiger partial charge in [-0.2, -0.15) is 0 Å². The maximum absolute atomic E-state index is 13.9. The molecule has 1 aliphatic heterocycles. The lowest BCUT2D eigenvalue weighted by atomic mass is 9.77. The van der Waals surface area contributed by atoms with Crippen molar-refractivity contribution < 1.29 is 24.2 Å². The molecule has 0 spiro atoms. The van der Waals surface area contributed by atoms with Gasteiger partial charge in [0.25, 0.3) is 0 Å². The van der Waals surface area contributed by atoms with Crippen molar-refractivity contribution in [2.75, 3.05) is 27.2 Å². The van der Waals surface area contributed by atoms with E-state index in [1.54, 1.807) is 24.3 Å². The normalized spacial score (nSPS) is 21.8. The Morgan fingerprint density at radius 3 is 2.49 bits per heavy atom. The number of esters is 1. The fourth-order valence-corrected chi connectivity index (χ4v) is 6.00. The van der Waals surface area contributed by atoms with E-state index >= 15 is 0 Å². The Labute approximate surface area is 226 Å². The Morgan fingerprint density at radius 2 is 1.92 bits per heavy atom. The summed E-state index contributed by atoms with van der Waals surface area (Å²) in [7, 11) is 3.78. The van der Waals surface area contributed by atoms with Gasteiger partial charge in [0, 0.05) is 37.2 Å². The van der Waals surface area contributed by atoms with Crippen LogP contribution in [0.3, 0.4) is 0 Å². The zero-order chi connectivity index (χ0) is 27.9. The number of hydrogen-bond acceptors (Lipinski definition) is 8. The lowest BCUT2D eigenvalue weighted by molar-refractivity contribution is -0.144. The van der Waals surface area contributed by atoms with E-state index in [1.807, 2.05) is 34.7 Å². The Hall–Kier alpha value is -1.84. The van der Waals surface area contributed by atoms with E-state index in [0.717, 1.165) is 32.2 Å². The standard InChI is InChI=1S/C28H47N3O5S/c1-9-19(5)20(15-24(33)28(6)13-11-12-14-30(28)7)26(34)31(8)22(18(3)4)16-23(32)25-29-21(17-37-25)27(35)36-10-2/h17-20,22-23,32H,9-16H2,1-8H3/t19-,20-,22+,23+,28-/m0/s1. The quantitative estimate of drug-likeness (QED) is 0.363. The molecule has 37 heavy (non-hydrogen) atoms. The summed E-state index contributed by atoms with van der Waals surface area (Å²) < 4.78 is 5.00. The molecule has 0 aliphatic carbocycles. The molecule has 8 nitrogen and oxygen atoms in total. The number of hydrogen-bond donors (Lipinski definition) is 1. The number of aliphatic hydroxyl groups excluding tert-OH is 1. The Balaban J connectivity index is 2.19. The molecular formula is C28H47N3O5S. The van der Waals surface area contributed by atoms with Crippen molar-refractivity contribution >= 4 is 29.0 Å². The predicted molar refractivity (Wildman–Crippen MR) is 146 cm³/mol. The predicted octanol–water partition coefficient (Wildman–Crippen LogP) is 4.72. The van der Waals surface area contributed by atoms with Crippen LogP contribution in [0.1, 0.15) is 102 Å². The lowest BCUT2D eigenvalue weighted by Gasteiger charge is -2.43. The number of Topliss-reactive ketones (excluding diaryl/α,β-unsaturated/α-hetero) is 1. The number of piperidine rings is 1. The zero-order valence-corrected chi connectivity index (χ0v) is 24.8. The maximum Gasteiger partial charge on any atom is 0.357 e. The average Bonchev–Trinajstić information content (AvgIpc) is 3.36. The molecule has 210 valence electrons. The number of likely N-dealkylation sites (tertiary alicyclic amines) is 1. The van der Waals surface area contributed by atoms with Crippen molar-refractivity contribution in [2.45, 2.75) is 97.8 Å². The maximum atomic E-state index is 13.9. The zero-order valence-electron chi connectivity index (χ0n) is 24.0. The monoisotopic (exact) mass is 537 g/mol. The highest BCUT2D eigenvalue weighted by Gasteiger charge is 2.42. The molecule has 1 N–H and O–H groups in total. The molecule has 1 aliphatic rings. The first-order valence-corrected chi connectivity index (χ1v) is 14.6. The molecule has 2 heterocycles. The van der Waals surface area contributed by atoms with Gasteiger partial charge in [0.05, 0.1) is 12.1 Å². The molecule has 9 heteroatoms. The first kappa shape index (κ1) is 31.4. The topological polar surface area (TPSA) is 100 Å². The van der Waals surface area contributed by atoms with Gasteiger partial charge in [-0.1, -0.05) is 34.1 Å². The fraction of sp³-hybridized carbons (Fsp3) is 0.786. The highest BCUT2D eigenvalue weighted by atomic mass is 32.1. The van der Waals surface area contributed by atoms with Crippen LogP contribution in [0.15, 0.2) is 5.38 Å². The highest BCUT2D eigenvalue weighted by Crippen LogP contribution is 2.33. The largest absolute Gasteiger partial charge is 0.461 e. The van der Waals surface area contributed by atoms with Crippen LogP contribution in [-0.4, -0.2) is 76.4 Å². The van der Waals surface area contributed by atoms with E-state index < -0.39 is 23.5 Å². The molecule has 1 aromatic rings. The van der Waals surface area contributed by atoms with Crippen molar-refractivity contribution in [3.05, 3.63) is 16.1 Å². The van der Waals surface area contributed by atoms with E-state index in [0.29, 0.717) is 5.01 Å². The van der Waals surface area contributed by atoms with Gasteiger partial charge >= 0.3 is 5.97 Å². The summed E-state index contributed by atoms with van der Waals surface area (Å²) in [6.45, 7) is 13.0. The SMILES string of the molecule is CCOC(=O)c1csc([C@H](O)C[C@H](C(C)C)N(C)C(=O)[C@@H](CC(=O)[C@]2(C)CCCCN2C)[C@@H](C)CC)n1. The molecule has 0 unspecified atom stereocenters. The molecule has 2 rings (SSSR count). The summed E-state index contributed by atoms with van der Waals surface area (Å²) in [5.41, 5.74) is -0.347. The summed E-state index contributed by atoms with van der Waals surface area (Å²) >= 11 is 1.21. The van der Waals surface area contributed by atoms with Crippen LogP contribution in [0.4, 0.5) is 0 Å². The van der Waals surface area contributed by atoms with Crippen LogP contribution in [0.25, 0.3) is 0 Å². The lowest BCUT2D eigenvalue weighted by Crippen LogP contribution is -2.54. The molecule has 0 bridgehead atoms. The molecule has 0 radical (unpaired) electrons. The fourth-order valence-electron chi connectivity index (χ4n) is 5.22. The third-order valence-corrected chi connectivity index (χ3v) is 9.22. The van der Waals surface area contributed by atoms with Gasteiger partial charge in [-0.05, 0) is 58.5 Å². The number of aromatic nitrogens is 1. The Kier molecular flexibility index (Phi) is 11.7. The van der Waals surface area contributed by atoms with Crippen LogP contribution < -0.4 is 0 Å². The number of thiazole rings is 1. The number of ketones is 1. The van der Waals surface area contributed by atoms with Gasteiger partial charge in [-0.15, -0.1) is 11.3 Å². The van der Waals surface area contributed by atoms with Crippen molar-refractivity contribution in [3.8, 4) is 0 Å². The summed E-state index contributed by atoms with van der Waals surface area (Å²) in [5, 5.41) is 13.0. The van der Waals surface area contributed by atoms with E-state index in [-0.39, 0.29) is 54.7 Å². The second kappa shape index (κ2) is 13.8. The third-order valence-electron chi connectivity index (χ3n) is 8.27. The van der Waals surface area contributed by atoms with Crippen LogP contribution in [0.2, 0.25) is 0 Å². The smallest absolute Gasteiger partial charge is 0.357 e. The van der Waals surface area contributed by atoms with E-state index in [9.17, 15) is 19.5 Å². The first-order chi connectivity index (χ1) is 17.4. The average molecular weight is 538 g/mol. The minimum atomic E-state index is -0.922. The molecular weight excluding hydrogens is 490 g/mol. The molecule has 1 fully saturated rings. The summed E-state index contributed by atoms with van der Waals surface area (Å²) in [6.07, 6.45) is 3.33. The number of rotatable bonds is 13. The van der Waals surface area contributed by atoms with Crippen LogP contribution in [-0.2, 0) is 14.3 Å². The van der Waals surface area contributed by atoms with Gasteiger partial charge in [0.1, 0.15) is 11.1 Å². The summed E-state index contributed by atoms with van der Waals surface area (Å²) in [6, 6.07) is -0.257. The second-order valence-electron chi connectivity index (χ2n) is 11.1. The van der Waals surface area contributed by atoms with Crippen LogP contribution >= 0.6 is 11.3 Å². The number of nitrogens with zero attached hydrogens (tertiary/aromatic N) is 3. The van der Waals surface area contributed by atoms with E-state index in [1.165, 1.54) is 11.3 Å². The van der Waals surface area contributed by atoms with E-state index in [2.05, 4.69) is 16.8 Å². The second-order valence-corrected chi connectivity index (χ2v) is 12.0. The van der Waals surface area contributed by atoms with Crippen molar-refractivity contribution in [3.63, 3.8) is 0 Å². The highest BCUT2D eigenvalue weighted by molar-refractivity contribution is 7.09. The minimum absolute atomic E-state index is 0.0537. The summed E-state index contributed by atoms with van der Waals surface area (Å²) in [5.74, 6) is -0.714. The van der Waals surface area contributed by atoms with Crippen LogP contribution in [0, 0.1) is 17.8 Å². The number of ether oxygens (including phenoxy) is 1. The molecule has 1 saturated heterocycles. The van der Waals surface area contributed by atoms with Gasteiger partial charge in [-0.3, -0.25) is 14.5 Å².